The minimum absolute atomic E-state index is 0. The van der Waals surface area contributed by atoms with Crippen molar-refractivity contribution < 1.29 is 5.11 Å². The summed E-state index contributed by atoms with van der Waals surface area (Å²) >= 11 is 0. The first-order valence-electron chi connectivity index (χ1n) is 11.6. The summed E-state index contributed by atoms with van der Waals surface area (Å²) in [6.07, 6.45) is 3.47. The number of benzene rings is 1. The van der Waals surface area contributed by atoms with Crippen molar-refractivity contribution in [3.8, 4) is 28.3 Å². The highest BCUT2D eigenvalue weighted by Crippen LogP contribution is 2.37. The molecule has 0 radical (unpaired) electrons. The highest BCUT2D eigenvalue weighted by atomic mass is 35.5. The van der Waals surface area contributed by atoms with Crippen LogP contribution in [0.3, 0.4) is 0 Å². The van der Waals surface area contributed by atoms with Gasteiger partial charge in [-0.2, -0.15) is 15.4 Å². The van der Waals surface area contributed by atoms with E-state index in [4.69, 9.17) is 0 Å². The van der Waals surface area contributed by atoms with Crippen LogP contribution in [-0.4, -0.2) is 61.8 Å². The number of phenols is 1. The lowest BCUT2D eigenvalue weighted by molar-refractivity contribution is 0.127. The van der Waals surface area contributed by atoms with Gasteiger partial charge >= 0.3 is 0 Å². The van der Waals surface area contributed by atoms with E-state index in [2.05, 4.69) is 73.9 Å². The Hall–Kier alpha value is -3.41. The normalized spacial score (nSPS) is 16.9. The molecule has 11 nitrogen and oxygen atoms in total. The minimum Gasteiger partial charge on any atom is -0.507 e. The van der Waals surface area contributed by atoms with E-state index >= 15 is 0 Å². The Labute approximate surface area is 225 Å². The Kier molecular flexibility index (Phi) is 6.82. The standard InChI is InChI=1S/C24H26N10O.2ClH/c1-23(2)10-14(11-24(3,4)31-23)34-22-19(29-33-34)9-17(26-30-22)15-6-5-13(7-21(15)35)16-8-18-20(12-25-16)28-32-27-18;;/h5-9,12,14,31,35H,10-11H2,1-4H3,(H,27,28,32);2*1H. The smallest absolute Gasteiger partial charge is 0.201 e. The highest BCUT2D eigenvalue weighted by Gasteiger charge is 2.39. The fourth-order valence-corrected chi connectivity index (χ4v) is 5.38. The third kappa shape index (κ3) is 4.94. The van der Waals surface area contributed by atoms with E-state index in [1.807, 2.05) is 22.9 Å². The number of phenolic OH excluding ortho intramolecular Hbond substituents is 1. The van der Waals surface area contributed by atoms with Gasteiger partial charge in [-0.1, -0.05) is 11.3 Å². The van der Waals surface area contributed by atoms with E-state index < -0.39 is 0 Å². The molecule has 5 aromatic rings. The molecular formula is C24H28Cl2N10O. The van der Waals surface area contributed by atoms with Crippen molar-refractivity contribution >= 4 is 47.0 Å². The van der Waals surface area contributed by atoms with Crippen molar-refractivity contribution in [2.45, 2.75) is 57.7 Å². The molecule has 3 N–H and O–H groups in total. The van der Waals surface area contributed by atoms with E-state index in [9.17, 15) is 5.11 Å². The number of nitrogens with one attached hydrogen (secondary N) is 2. The monoisotopic (exact) mass is 542 g/mol. The summed E-state index contributed by atoms with van der Waals surface area (Å²) in [6, 6.07) is 9.14. The van der Waals surface area contributed by atoms with Gasteiger partial charge in [0, 0.05) is 22.2 Å². The number of rotatable bonds is 3. The zero-order valence-corrected chi connectivity index (χ0v) is 22.4. The predicted octanol–water partition coefficient (Wildman–Crippen LogP) is 4.25. The van der Waals surface area contributed by atoms with E-state index in [1.165, 1.54) is 0 Å². The van der Waals surface area contributed by atoms with Crippen molar-refractivity contribution in [2.75, 3.05) is 0 Å². The molecule has 5 heterocycles. The van der Waals surface area contributed by atoms with Crippen LogP contribution in [0.4, 0.5) is 0 Å². The number of H-pyrrole nitrogens is 1. The number of hydrogen-bond acceptors (Lipinski definition) is 9. The Balaban J connectivity index is 0.00000160. The fourth-order valence-electron chi connectivity index (χ4n) is 5.38. The molecule has 1 aromatic carbocycles. The first kappa shape index (κ1) is 26.6. The first-order valence-corrected chi connectivity index (χ1v) is 11.6. The predicted molar refractivity (Wildman–Crippen MR) is 145 cm³/mol. The summed E-state index contributed by atoms with van der Waals surface area (Å²) < 4.78 is 1.89. The number of piperidine rings is 1. The van der Waals surface area contributed by atoms with Gasteiger partial charge in [-0.15, -0.1) is 40.1 Å². The van der Waals surface area contributed by atoms with Gasteiger partial charge in [-0.05, 0) is 64.8 Å². The van der Waals surface area contributed by atoms with E-state index in [0.717, 1.165) is 18.4 Å². The maximum atomic E-state index is 10.8. The lowest BCUT2D eigenvalue weighted by Crippen LogP contribution is -2.58. The van der Waals surface area contributed by atoms with Crippen LogP contribution in [0.2, 0.25) is 0 Å². The maximum absolute atomic E-state index is 10.8. The SMILES string of the molecule is CC1(C)CC(n2nnc3cc(-c4ccc(-c5cc6n[nH]nc6cn5)cc4O)nnc32)CC(C)(C)N1.Cl.Cl. The van der Waals surface area contributed by atoms with Crippen LogP contribution >= 0.6 is 24.8 Å². The molecule has 0 amide bonds. The molecule has 6 rings (SSSR count). The topological polar surface area (TPSA) is 143 Å². The van der Waals surface area contributed by atoms with Gasteiger partial charge in [0.1, 0.15) is 22.3 Å². The molecule has 0 saturated carbocycles. The minimum atomic E-state index is -0.0291. The van der Waals surface area contributed by atoms with Crippen molar-refractivity contribution in [1.82, 2.24) is 50.9 Å². The molecule has 13 heteroatoms. The first-order chi connectivity index (χ1) is 16.7. The fraction of sp³-hybridized carbons (Fsp3) is 0.375. The van der Waals surface area contributed by atoms with E-state index in [0.29, 0.717) is 39.1 Å². The number of halogens is 2. The van der Waals surface area contributed by atoms with Gasteiger partial charge in [0.25, 0.3) is 0 Å². The van der Waals surface area contributed by atoms with Gasteiger partial charge in [0.2, 0.25) is 5.65 Å². The molecule has 1 fully saturated rings. The van der Waals surface area contributed by atoms with Gasteiger partial charge < -0.3 is 10.4 Å². The Morgan fingerprint density at radius 2 is 1.57 bits per heavy atom. The van der Waals surface area contributed by atoms with E-state index in [-0.39, 0.29) is 47.7 Å². The summed E-state index contributed by atoms with van der Waals surface area (Å²) in [4.78, 5) is 4.41. The second-order valence-electron chi connectivity index (χ2n) is 10.5. The third-order valence-corrected chi connectivity index (χ3v) is 6.51. The van der Waals surface area contributed by atoms with Crippen molar-refractivity contribution in [3.05, 3.63) is 36.5 Å². The summed E-state index contributed by atoms with van der Waals surface area (Å²) in [6.45, 7) is 8.82. The van der Waals surface area contributed by atoms with Crippen LogP contribution < -0.4 is 5.32 Å². The lowest BCUT2D eigenvalue weighted by atomic mass is 9.80. The molecular weight excluding hydrogens is 515 g/mol. The lowest BCUT2D eigenvalue weighted by Gasteiger charge is -2.46. The van der Waals surface area contributed by atoms with Crippen molar-refractivity contribution in [2.24, 2.45) is 0 Å². The molecule has 4 aromatic heterocycles. The number of nitrogens with zero attached hydrogens (tertiary/aromatic N) is 8. The zero-order chi connectivity index (χ0) is 24.4. The molecule has 37 heavy (non-hydrogen) atoms. The zero-order valence-electron chi connectivity index (χ0n) is 20.8. The van der Waals surface area contributed by atoms with Crippen molar-refractivity contribution in [1.29, 1.82) is 0 Å². The Bertz CT molecular complexity index is 1560. The second-order valence-corrected chi connectivity index (χ2v) is 10.5. The molecule has 0 bridgehead atoms. The second kappa shape index (κ2) is 9.47. The molecule has 0 aliphatic carbocycles. The summed E-state index contributed by atoms with van der Waals surface area (Å²) in [5.41, 5.74) is 5.15. The number of hydrogen-bond donors (Lipinski definition) is 3. The average Bonchev–Trinajstić information content (AvgIpc) is 3.43. The molecule has 1 aliphatic rings. The summed E-state index contributed by atoms with van der Waals surface area (Å²) in [5.74, 6) is 0.0763. The molecule has 1 aliphatic heterocycles. The number of aromatic nitrogens is 9. The van der Waals surface area contributed by atoms with Crippen molar-refractivity contribution in [3.63, 3.8) is 0 Å². The highest BCUT2D eigenvalue weighted by molar-refractivity contribution is 5.85. The number of pyridine rings is 1. The van der Waals surface area contributed by atoms with Crippen LogP contribution in [0.15, 0.2) is 36.5 Å². The largest absolute Gasteiger partial charge is 0.507 e. The Morgan fingerprint density at radius 3 is 2.30 bits per heavy atom. The van der Waals surface area contributed by atoms with Gasteiger partial charge in [-0.3, -0.25) is 4.98 Å². The molecule has 1 saturated heterocycles. The average molecular weight is 543 g/mol. The number of fused-ring (bicyclic) bond motifs is 2. The van der Waals surface area contributed by atoms with Gasteiger partial charge in [0.05, 0.1) is 23.6 Å². The van der Waals surface area contributed by atoms with E-state index in [1.54, 1.807) is 18.3 Å². The summed E-state index contributed by atoms with van der Waals surface area (Å²) in [5, 5.41) is 42.9. The quantitative estimate of drug-likeness (QED) is 0.304. The number of aromatic amines is 1. The maximum Gasteiger partial charge on any atom is 0.201 e. The molecule has 0 unspecified atom stereocenters. The Morgan fingerprint density at radius 1 is 0.865 bits per heavy atom. The third-order valence-electron chi connectivity index (χ3n) is 6.51. The van der Waals surface area contributed by atoms with Gasteiger partial charge in [-0.25, -0.2) is 4.68 Å². The van der Waals surface area contributed by atoms with Crippen LogP contribution in [0, 0.1) is 0 Å². The number of aromatic hydroxyl groups is 1. The van der Waals surface area contributed by atoms with Crippen LogP contribution in [0.25, 0.3) is 44.7 Å². The van der Waals surface area contributed by atoms with Gasteiger partial charge in [0.15, 0.2) is 0 Å². The molecule has 0 spiro atoms. The molecule has 194 valence electrons. The van der Waals surface area contributed by atoms with Crippen LogP contribution in [0.1, 0.15) is 46.6 Å². The summed E-state index contributed by atoms with van der Waals surface area (Å²) in [7, 11) is 0. The molecule has 0 atom stereocenters. The van der Waals surface area contributed by atoms with Crippen LogP contribution in [-0.2, 0) is 0 Å². The van der Waals surface area contributed by atoms with Crippen LogP contribution in [0.5, 0.6) is 5.75 Å².